The molecule has 1 N–H and O–H groups in total. The Hall–Kier alpha value is -3.61. The first-order valence-electron chi connectivity index (χ1n) is 9.10. The molecular weight excluding hydrogens is 356 g/mol. The molecule has 7 heteroatoms. The Labute approximate surface area is 161 Å². The monoisotopic (exact) mass is 376 g/mol. The van der Waals surface area contributed by atoms with Gasteiger partial charge in [0, 0.05) is 18.9 Å². The molecular formula is C21H20N4O3. The number of rotatable bonds is 6. The Kier molecular flexibility index (Phi) is 4.80. The molecule has 3 heterocycles. The highest BCUT2D eigenvalue weighted by Gasteiger charge is 2.13. The molecule has 4 rings (SSSR count). The molecule has 28 heavy (non-hydrogen) atoms. The lowest BCUT2D eigenvalue weighted by atomic mass is 10.2. The summed E-state index contributed by atoms with van der Waals surface area (Å²) in [6.07, 6.45) is 3.43. The van der Waals surface area contributed by atoms with Crippen LogP contribution in [0.3, 0.4) is 0 Å². The highest BCUT2D eigenvalue weighted by molar-refractivity contribution is 5.80. The van der Waals surface area contributed by atoms with Gasteiger partial charge in [-0.1, -0.05) is 12.1 Å². The van der Waals surface area contributed by atoms with Crippen molar-refractivity contribution in [1.29, 1.82) is 0 Å². The van der Waals surface area contributed by atoms with E-state index in [4.69, 9.17) is 4.74 Å². The Morgan fingerprint density at radius 3 is 2.68 bits per heavy atom. The van der Waals surface area contributed by atoms with Crippen molar-refractivity contribution >= 4 is 22.6 Å². The first-order chi connectivity index (χ1) is 13.7. The van der Waals surface area contributed by atoms with Gasteiger partial charge in [0.2, 0.25) is 5.91 Å². The zero-order valence-electron chi connectivity index (χ0n) is 15.5. The first kappa shape index (κ1) is 17.8. The number of nitrogens with zero attached hydrogens (tertiary/aromatic N) is 3. The number of amides is 1. The fourth-order valence-electron chi connectivity index (χ4n) is 3.20. The lowest BCUT2D eigenvalue weighted by molar-refractivity contribution is -0.121. The van der Waals surface area contributed by atoms with E-state index in [1.54, 1.807) is 22.7 Å². The van der Waals surface area contributed by atoms with E-state index in [1.807, 2.05) is 49.5 Å². The van der Waals surface area contributed by atoms with Gasteiger partial charge in [0.1, 0.15) is 17.8 Å². The standard InChI is InChI=1S/C21H20N4O3/c1-2-28-16-9-7-15(8-10-16)13-23-19(26)14-25-20-17(5-3-11-22-20)24-12-4-6-18(24)21(25)27/h3-12H,2,13-14H2,1H3,(H,23,26). The second kappa shape index (κ2) is 7.56. The summed E-state index contributed by atoms with van der Waals surface area (Å²) in [5, 5.41) is 2.86. The lowest BCUT2D eigenvalue weighted by Crippen LogP contribution is -2.33. The van der Waals surface area contributed by atoms with E-state index in [-0.39, 0.29) is 18.0 Å². The number of carbonyl (C=O) groups excluding carboxylic acids is 1. The molecule has 0 aliphatic heterocycles. The van der Waals surface area contributed by atoms with Crippen LogP contribution in [-0.2, 0) is 17.9 Å². The van der Waals surface area contributed by atoms with Crippen LogP contribution in [-0.4, -0.2) is 26.5 Å². The summed E-state index contributed by atoms with van der Waals surface area (Å²) in [5.74, 6) is 0.543. The van der Waals surface area contributed by atoms with E-state index >= 15 is 0 Å². The smallest absolute Gasteiger partial charge is 0.276 e. The van der Waals surface area contributed by atoms with Crippen LogP contribution < -0.4 is 15.6 Å². The fraction of sp³-hybridized carbons (Fsp3) is 0.190. The maximum absolute atomic E-state index is 12.8. The van der Waals surface area contributed by atoms with Gasteiger partial charge in [-0.15, -0.1) is 0 Å². The van der Waals surface area contributed by atoms with Gasteiger partial charge in [-0.05, 0) is 48.9 Å². The number of nitrogens with one attached hydrogen (secondary N) is 1. The van der Waals surface area contributed by atoms with Gasteiger partial charge >= 0.3 is 0 Å². The number of hydrogen-bond donors (Lipinski definition) is 1. The lowest BCUT2D eigenvalue weighted by Gasteiger charge is -2.12. The molecule has 0 saturated heterocycles. The van der Waals surface area contributed by atoms with E-state index < -0.39 is 0 Å². The molecule has 3 aromatic heterocycles. The van der Waals surface area contributed by atoms with Crippen molar-refractivity contribution in [2.45, 2.75) is 20.0 Å². The van der Waals surface area contributed by atoms with Crippen molar-refractivity contribution < 1.29 is 9.53 Å². The van der Waals surface area contributed by atoms with E-state index in [9.17, 15) is 9.59 Å². The maximum atomic E-state index is 12.8. The minimum atomic E-state index is -0.251. The van der Waals surface area contributed by atoms with Crippen molar-refractivity contribution in [2.24, 2.45) is 0 Å². The van der Waals surface area contributed by atoms with Crippen LogP contribution in [0, 0.1) is 0 Å². The molecule has 0 atom stereocenters. The SMILES string of the molecule is CCOc1ccc(CNC(=O)Cn2c(=O)c3cccn3c3cccnc32)cc1. The third-order valence-corrected chi connectivity index (χ3v) is 4.52. The average molecular weight is 376 g/mol. The van der Waals surface area contributed by atoms with Crippen LogP contribution in [0.25, 0.3) is 16.7 Å². The minimum Gasteiger partial charge on any atom is -0.494 e. The van der Waals surface area contributed by atoms with Crippen LogP contribution >= 0.6 is 0 Å². The van der Waals surface area contributed by atoms with Crippen molar-refractivity contribution in [2.75, 3.05) is 6.61 Å². The highest BCUT2D eigenvalue weighted by Crippen LogP contribution is 2.13. The molecule has 0 radical (unpaired) electrons. The number of fused-ring (bicyclic) bond motifs is 3. The van der Waals surface area contributed by atoms with E-state index in [2.05, 4.69) is 10.3 Å². The first-order valence-corrected chi connectivity index (χ1v) is 9.10. The summed E-state index contributed by atoms with van der Waals surface area (Å²) < 4.78 is 8.62. The molecule has 142 valence electrons. The third kappa shape index (κ3) is 3.34. The van der Waals surface area contributed by atoms with E-state index in [0.717, 1.165) is 16.8 Å². The zero-order valence-corrected chi connectivity index (χ0v) is 15.5. The van der Waals surface area contributed by atoms with Crippen LogP contribution in [0.1, 0.15) is 12.5 Å². The predicted octanol–water partition coefficient (Wildman–Crippen LogP) is 2.36. The highest BCUT2D eigenvalue weighted by atomic mass is 16.5. The predicted molar refractivity (Wildman–Crippen MR) is 106 cm³/mol. The van der Waals surface area contributed by atoms with Gasteiger partial charge in [-0.2, -0.15) is 0 Å². The van der Waals surface area contributed by atoms with Gasteiger partial charge in [-0.3, -0.25) is 14.2 Å². The van der Waals surface area contributed by atoms with E-state index in [0.29, 0.717) is 24.3 Å². The molecule has 0 spiro atoms. The van der Waals surface area contributed by atoms with Crippen LogP contribution in [0.15, 0.2) is 65.7 Å². The third-order valence-electron chi connectivity index (χ3n) is 4.52. The van der Waals surface area contributed by atoms with Crippen LogP contribution in [0.4, 0.5) is 0 Å². The Morgan fingerprint density at radius 1 is 1.11 bits per heavy atom. The minimum absolute atomic E-state index is 0.0922. The van der Waals surface area contributed by atoms with E-state index in [1.165, 1.54) is 4.57 Å². The Morgan fingerprint density at radius 2 is 1.89 bits per heavy atom. The summed E-state index contributed by atoms with van der Waals surface area (Å²) >= 11 is 0. The topological polar surface area (TPSA) is 77.6 Å². The van der Waals surface area contributed by atoms with Crippen molar-refractivity contribution in [3.05, 3.63) is 76.8 Å². The molecule has 0 saturated carbocycles. The largest absolute Gasteiger partial charge is 0.494 e. The number of pyridine rings is 1. The normalized spacial score (nSPS) is 11.0. The summed E-state index contributed by atoms with van der Waals surface area (Å²) in [4.78, 5) is 29.6. The van der Waals surface area contributed by atoms with Gasteiger partial charge < -0.3 is 14.5 Å². The van der Waals surface area contributed by atoms with Gasteiger partial charge in [0.15, 0.2) is 5.65 Å². The molecule has 1 aromatic carbocycles. The Balaban J connectivity index is 1.55. The molecule has 0 fully saturated rings. The Bertz CT molecular complexity index is 1190. The second-order valence-electron chi connectivity index (χ2n) is 6.35. The van der Waals surface area contributed by atoms with Crippen molar-refractivity contribution in [3.8, 4) is 5.75 Å². The summed E-state index contributed by atoms with van der Waals surface area (Å²) in [6.45, 7) is 2.82. The van der Waals surface area contributed by atoms with Crippen molar-refractivity contribution in [3.63, 3.8) is 0 Å². The molecule has 0 aliphatic carbocycles. The average Bonchev–Trinajstić information content (AvgIpc) is 3.21. The summed E-state index contributed by atoms with van der Waals surface area (Å²) in [7, 11) is 0. The fourth-order valence-corrected chi connectivity index (χ4v) is 3.20. The molecule has 0 unspecified atom stereocenters. The number of benzene rings is 1. The number of carbonyl (C=O) groups is 1. The van der Waals surface area contributed by atoms with Crippen LogP contribution in [0.5, 0.6) is 5.75 Å². The van der Waals surface area contributed by atoms with Gasteiger partial charge in [-0.25, -0.2) is 4.98 Å². The van der Waals surface area contributed by atoms with Gasteiger partial charge in [0.05, 0.1) is 12.1 Å². The number of ether oxygens (including phenoxy) is 1. The summed E-state index contributed by atoms with van der Waals surface area (Å²) in [6, 6.07) is 14.8. The van der Waals surface area contributed by atoms with Crippen LogP contribution in [0.2, 0.25) is 0 Å². The summed E-state index contributed by atoms with van der Waals surface area (Å²) in [5.41, 5.74) is 2.48. The molecule has 7 nitrogen and oxygen atoms in total. The quantitative estimate of drug-likeness (QED) is 0.560. The molecule has 0 bridgehead atoms. The number of hydrogen-bond acceptors (Lipinski definition) is 4. The molecule has 1 amide bonds. The second-order valence-corrected chi connectivity index (χ2v) is 6.35. The number of aromatic nitrogens is 3. The maximum Gasteiger partial charge on any atom is 0.276 e. The molecule has 0 aliphatic rings. The van der Waals surface area contributed by atoms with Gasteiger partial charge in [0.25, 0.3) is 5.56 Å². The molecule has 4 aromatic rings. The zero-order chi connectivity index (χ0) is 19.5. The van der Waals surface area contributed by atoms with Crippen molar-refractivity contribution in [1.82, 2.24) is 19.3 Å².